The number of nitro benzene ring substituents is 2. The Morgan fingerprint density at radius 2 is 1.71 bits per heavy atom. The molecule has 17 heavy (non-hydrogen) atoms. The molecule has 8 heteroatoms. The molecule has 0 aliphatic rings. The van der Waals surface area contributed by atoms with Gasteiger partial charge < -0.3 is 5.32 Å². The summed E-state index contributed by atoms with van der Waals surface area (Å²) in [5.74, 6) is -0.827. The third-order valence-electron chi connectivity index (χ3n) is 1.98. The van der Waals surface area contributed by atoms with Crippen molar-refractivity contribution in [3.63, 3.8) is 0 Å². The Morgan fingerprint density at radius 1 is 1.24 bits per heavy atom. The first kappa shape index (κ1) is 12.6. The van der Waals surface area contributed by atoms with E-state index in [4.69, 9.17) is 0 Å². The molecule has 0 unspecified atom stereocenters. The number of carbonyl (C=O) groups is 1. The molecule has 0 saturated carbocycles. The van der Waals surface area contributed by atoms with Gasteiger partial charge in [-0.3, -0.25) is 25.0 Å². The summed E-state index contributed by atoms with van der Waals surface area (Å²) in [4.78, 5) is 31.3. The number of benzene rings is 1. The van der Waals surface area contributed by atoms with Crippen molar-refractivity contribution < 1.29 is 14.6 Å². The monoisotopic (exact) mass is 239 g/mol. The minimum absolute atomic E-state index is 0.224. The molecule has 0 radical (unpaired) electrons. The molecule has 1 rings (SSSR count). The van der Waals surface area contributed by atoms with Crippen LogP contribution in [0.4, 0.5) is 11.4 Å². The molecular formula is C9H9N3O5. The summed E-state index contributed by atoms with van der Waals surface area (Å²) in [7, 11) is 0. The van der Waals surface area contributed by atoms with Gasteiger partial charge in [-0.2, -0.15) is 0 Å². The highest BCUT2D eigenvalue weighted by molar-refractivity contribution is 6.02. The summed E-state index contributed by atoms with van der Waals surface area (Å²) in [6.45, 7) is 1.83. The first-order chi connectivity index (χ1) is 7.99. The Hall–Kier alpha value is -2.51. The largest absolute Gasteiger partial charge is 0.352 e. The van der Waals surface area contributed by atoms with Crippen molar-refractivity contribution in [3.05, 3.63) is 44.0 Å². The van der Waals surface area contributed by atoms with Crippen LogP contribution in [-0.2, 0) is 0 Å². The Balaban J connectivity index is 3.43. The van der Waals surface area contributed by atoms with E-state index in [0.717, 1.165) is 12.1 Å². The maximum atomic E-state index is 11.6. The second-order valence-electron chi connectivity index (χ2n) is 3.04. The smallest absolute Gasteiger partial charge is 0.289 e. The van der Waals surface area contributed by atoms with E-state index in [2.05, 4.69) is 5.32 Å². The van der Waals surface area contributed by atoms with Crippen LogP contribution < -0.4 is 5.32 Å². The van der Waals surface area contributed by atoms with Crippen LogP contribution in [0.3, 0.4) is 0 Å². The van der Waals surface area contributed by atoms with Crippen molar-refractivity contribution in [2.75, 3.05) is 6.54 Å². The topological polar surface area (TPSA) is 115 Å². The summed E-state index contributed by atoms with van der Waals surface area (Å²) < 4.78 is 0. The van der Waals surface area contributed by atoms with Crippen LogP contribution in [0, 0.1) is 20.2 Å². The molecule has 90 valence electrons. The summed E-state index contributed by atoms with van der Waals surface area (Å²) in [6.07, 6.45) is 0. The van der Waals surface area contributed by atoms with Gasteiger partial charge in [0.1, 0.15) is 0 Å². The van der Waals surface area contributed by atoms with Crippen LogP contribution in [-0.4, -0.2) is 22.3 Å². The minimum atomic E-state index is -0.827. The first-order valence-corrected chi connectivity index (χ1v) is 4.69. The summed E-state index contributed by atoms with van der Waals surface area (Å²) in [6, 6.07) is 3.27. The fourth-order valence-electron chi connectivity index (χ4n) is 1.31. The number of nitro groups is 2. The quantitative estimate of drug-likeness (QED) is 0.627. The van der Waals surface area contributed by atoms with E-state index in [9.17, 15) is 25.0 Å². The summed E-state index contributed by atoms with van der Waals surface area (Å²) in [5.41, 5.74) is -1.68. The average molecular weight is 239 g/mol. The lowest BCUT2D eigenvalue weighted by Gasteiger charge is -2.03. The van der Waals surface area contributed by atoms with Crippen LogP contribution >= 0.6 is 0 Å². The van der Waals surface area contributed by atoms with Gasteiger partial charge in [-0.05, 0) is 13.0 Å². The van der Waals surface area contributed by atoms with Gasteiger partial charge in [0.05, 0.1) is 9.85 Å². The van der Waals surface area contributed by atoms with Crippen molar-refractivity contribution in [1.29, 1.82) is 0 Å². The Bertz CT molecular complexity index is 453. The van der Waals surface area contributed by atoms with Gasteiger partial charge >= 0.3 is 0 Å². The van der Waals surface area contributed by atoms with Crippen molar-refractivity contribution >= 4 is 17.3 Å². The standard InChI is InChI=1S/C9H9N3O5/c1-2-10-9(13)8-6(11(14)15)4-3-5-7(8)12(16)17/h3-5H,2H2,1H3,(H,10,13). The molecule has 0 fully saturated rings. The average Bonchev–Trinajstić information content (AvgIpc) is 2.28. The Labute approximate surface area is 95.5 Å². The molecule has 1 amide bonds. The van der Waals surface area contributed by atoms with Crippen LogP contribution in [0.5, 0.6) is 0 Å². The van der Waals surface area contributed by atoms with Crippen molar-refractivity contribution in [2.24, 2.45) is 0 Å². The van der Waals surface area contributed by atoms with E-state index in [1.807, 2.05) is 0 Å². The number of carbonyl (C=O) groups excluding carboxylic acids is 1. The highest BCUT2D eigenvalue weighted by Crippen LogP contribution is 2.27. The summed E-state index contributed by atoms with van der Waals surface area (Å²) in [5, 5.41) is 23.7. The van der Waals surface area contributed by atoms with Gasteiger partial charge in [0, 0.05) is 18.7 Å². The van der Waals surface area contributed by atoms with Gasteiger partial charge in [0.15, 0.2) is 5.56 Å². The lowest BCUT2D eigenvalue weighted by atomic mass is 10.1. The van der Waals surface area contributed by atoms with Crippen molar-refractivity contribution in [1.82, 2.24) is 5.32 Å². The zero-order valence-electron chi connectivity index (χ0n) is 8.87. The Morgan fingerprint density at radius 3 is 2.06 bits per heavy atom. The van der Waals surface area contributed by atoms with E-state index in [0.29, 0.717) is 0 Å². The van der Waals surface area contributed by atoms with E-state index < -0.39 is 32.7 Å². The van der Waals surface area contributed by atoms with Gasteiger partial charge in [-0.1, -0.05) is 0 Å². The lowest BCUT2D eigenvalue weighted by Crippen LogP contribution is -2.24. The second-order valence-corrected chi connectivity index (χ2v) is 3.04. The second kappa shape index (κ2) is 5.01. The molecule has 0 aromatic heterocycles. The van der Waals surface area contributed by atoms with E-state index in [1.165, 1.54) is 6.07 Å². The zero-order valence-corrected chi connectivity index (χ0v) is 8.87. The highest BCUT2D eigenvalue weighted by Gasteiger charge is 2.29. The number of hydrogen-bond donors (Lipinski definition) is 1. The predicted molar refractivity (Wildman–Crippen MR) is 57.8 cm³/mol. The molecule has 1 aromatic rings. The molecule has 0 atom stereocenters. The predicted octanol–water partition coefficient (Wildman–Crippen LogP) is 1.25. The molecule has 0 saturated heterocycles. The first-order valence-electron chi connectivity index (χ1n) is 4.69. The van der Waals surface area contributed by atoms with Crippen LogP contribution in [0.2, 0.25) is 0 Å². The number of amides is 1. The molecule has 0 aliphatic carbocycles. The van der Waals surface area contributed by atoms with Gasteiger partial charge in [0.2, 0.25) is 0 Å². The van der Waals surface area contributed by atoms with Gasteiger partial charge in [-0.25, -0.2) is 0 Å². The molecule has 1 N–H and O–H groups in total. The number of hydrogen-bond acceptors (Lipinski definition) is 5. The molecule has 1 aromatic carbocycles. The summed E-state index contributed by atoms with van der Waals surface area (Å²) >= 11 is 0. The molecule has 0 spiro atoms. The molecular weight excluding hydrogens is 230 g/mol. The number of rotatable bonds is 4. The van der Waals surface area contributed by atoms with E-state index >= 15 is 0 Å². The van der Waals surface area contributed by atoms with Gasteiger partial charge in [-0.15, -0.1) is 0 Å². The van der Waals surface area contributed by atoms with E-state index in [1.54, 1.807) is 6.92 Å². The Kier molecular flexibility index (Phi) is 3.70. The number of nitrogens with one attached hydrogen (secondary N) is 1. The molecule has 0 aliphatic heterocycles. The van der Waals surface area contributed by atoms with Crippen LogP contribution in [0.25, 0.3) is 0 Å². The van der Waals surface area contributed by atoms with Crippen LogP contribution in [0.15, 0.2) is 18.2 Å². The molecule has 0 heterocycles. The van der Waals surface area contributed by atoms with Gasteiger partial charge in [0.25, 0.3) is 17.3 Å². The SMILES string of the molecule is CCNC(=O)c1c([N+](=O)[O-])cccc1[N+](=O)[O-]. The third kappa shape index (κ3) is 2.54. The third-order valence-corrected chi connectivity index (χ3v) is 1.98. The maximum absolute atomic E-state index is 11.6. The molecule has 8 nitrogen and oxygen atoms in total. The van der Waals surface area contributed by atoms with Crippen LogP contribution in [0.1, 0.15) is 17.3 Å². The molecule has 0 bridgehead atoms. The lowest BCUT2D eigenvalue weighted by molar-refractivity contribution is -0.394. The van der Waals surface area contributed by atoms with Crippen molar-refractivity contribution in [2.45, 2.75) is 6.92 Å². The van der Waals surface area contributed by atoms with E-state index in [-0.39, 0.29) is 6.54 Å². The fraction of sp³-hybridized carbons (Fsp3) is 0.222. The normalized spacial score (nSPS) is 9.71. The number of nitrogens with zero attached hydrogens (tertiary/aromatic N) is 2. The minimum Gasteiger partial charge on any atom is -0.352 e. The highest BCUT2D eigenvalue weighted by atomic mass is 16.6. The zero-order chi connectivity index (χ0) is 13.0. The maximum Gasteiger partial charge on any atom is 0.289 e. The van der Waals surface area contributed by atoms with Crippen molar-refractivity contribution in [3.8, 4) is 0 Å². The fourth-order valence-corrected chi connectivity index (χ4v) is 1.31.